The summed E-state index contributed by atoms with van der Waals surface area (Å²) >= 11 is 1.61. The van der Waals surface area contributed by atoms with E-state index in [1.807, 2.05) is 23.6 Å². The lowest BCUT2D eigenvalue weighted by molar-refractivity contribution is 0.0897. The van der Waals surface area contributed by atoms with Crippen LogP contribution in [0.3, 0.4) is 0 Å². The van der Waals surface area contributed by atoms with Gasteiger partial charge in [0.2, 0.25) is 0 Å². The molecule has 2 aromatic heterocycles. The van der Waals surface area contributed by atoms with E-state index in [0.29, 0.717) is 23.2 Å². The van der Waals surface area contributed by atoms with E-state index in [2.05, 4.69) is 4.98 Å². The van der Waals surface area contributed by atoms with Crippen LogP contribution in [0, 0.1) is 0 Å². The number of benzene rings is 1. The highest BCUT2D eigenvalue weighted by Gasteiger charge is 2.15. The molecule has 1 atom stereocenters. The molecule has 3 aromatic rings. The smallest absolute Gasteiger partial charge is 0.265 e. The van der Waals surface area contributed by atoms with Crippen LogP contribution in [-0.2, 0) is 11.3 Å². The summed E-state index contributed by atoms with van der Waals surface area (Å²) in [7, 11) is 3.19. The van der Waals surface area contributed by atoms with Gasteiger partial charge in [-0.25, -0.2) is 4.98 Å². The second-order valence-corrected chi connectivity index (χ2v) is 5.78. The highest BCUT2D eigenvalue weighted by atomic mass is 32.1. The van der Waals surface area contributed by atoms with E-state index in [0.717, 1.165) is 4.88 Å². The SMILES string of the molecule is COc1cccc2ncn(C[C@H](OC)c3cccs3)c(=O)c12. The van der Waals surface area contributed by atoms with E-state index in [4.69, 9.17) is 9.47 Å². The van der Waals surface area contributed by atoms with Crippen LogP contribution >= 0.6 is 11.3 Å². The minimum atomic E-state index is -0.174. The van der Waals surface area contributed by atoms with Gasteiger partial charge in [0.1, 0.15) is 17.2 Å². The summed E-state index contributed by atoms with van der Waals surface area (Å²) in [5.41, 5.74) is 0.506. The predicted octanol–water partition coefficient (Wildman–Crippen LogP) is 2.85. The molecule has 0 radical (unpaired) electrons. The number of hydrogen-bond acceptors (Lipinski definition) is 5. The molecule has 0 aliphatic heterocycles. The van der Waals surface area contributed by atoms with E-state index < -0.39 is 0 Å². The largest absolute Gasteiger partial charge is 0.496 e. The van der Waals surface area contributed by atoms with Crippen LogP contribution in [0.15, 0.2) is 46.8 Å². The number of nitrogens with zero attached hydrogens (tertiary/aromatic N) is 2. The van der Waals surface area contributed by atoms with Gasteiger partial charge in [0.15, 0.2) is 0 Å². The van der Waals surface area contributed by atoms with Gasteiger partial charge in [-0.15, -0.1) is 11.3 Å². The fourth-order valence-corrected chi connectivity index (χ4v) is 3.20. The second kappa shape index (κ2) is 6.29. The van der Waals surface area contributed by atoms with Crippen LogP contribution in [0.5, 0.6) is 5.75 Å². The van der Waals surface area contributed by atoms with Gasteiger partial charge in [0.25, 0.3) is 5.56 Å². The predicted molar refractivity (Wildman–Crippen MR) is 86.6 cm³/mol. The van der Waals surface area contributed by atoms with Crippen LogP contribution in [0.4, 0.5) is 0 Å². The van der Waals surface area contributed by atoms with Crippen LogP contribution in [0.25, 0.3) is 10.9 Å². The van der Waals surface area contributed by atoms with Crippen molar-refractivity contribution in [3.8, 4) is 5.75 Å². The number of hydrogen-bond donors (Lipinski definition) is 0. The Kier molecular flexibility index (Phi) is 4.22. The van der Waals surface area contributed by atoms with E-state index >= 15 is 0 Å². The molecule has 0 saturated heterocycles. The van der Waals surface area contributed by atoms with Gasteiger partial charge < -0.3 is 9.47 Å². The summed E-state index contributed by atoms with van der Waals surface area (Å²) in [6.07, 6.45) is 1.38. The molecule has 2 heterocycles. The van der Waals surface area contributed by atoms with Gasteiger partial charge in [-0.2, -0.15) is 0 Å². The van der Waals surface area contributed by atoms with Gasteiger partial charge in [-0.05, 0) is 23.6 Å². The lowest BCUT2D eigenvalue weighted by Gasteiger charge is -2.15. The standard InChI is InChI=1S/C16H16N2O3S/c1-20-12-6-3-5-11-15(12)16(19)18(10-17-11)9-13(21-2)14-7-4-8-22-14/h3-8,10,13H,9H2,1-2H3/t13-/m0/s1. The fourth-order valence-electron chi connectivity index (χ4n) is 2.40. The molecule has 0 aliphatic rings. The zero-order chi connectivity index (χ0) is 15.5. The Balaban J connectivity index is 2.04. The molecule has 0 saturated carbocycles. The first-order chi connectivity index (χ1) is 10.7. The van der Waals surface area contributed by atoms with Crippen LogP contribution in [-0.4, -0.2) is 23.8 Å². The van der Waals surface area contributed by atoms with E-state index in [1.54, 1.807) is 48.6 Å². The highest BCUT2D eigenvalue weighted by Crippen LogP contribution is 2.24. The third kappa shape index (κ3) is 2.63. The summed E-state index contributed by atoms with van der Waals surface area (Å²) in [6, 6.07) is 9.36. The third-order valence-electron chi connectivity index (χ3n) is 3.54. The Morgan fingerprint density at radius 1 is 1.27 bits per heavy atom. The minimum absolute atomic E-state index is 0.124. The monoisotopic (exact) mass is 316 g/mol. The quantitative estimate of drug-likeness (QED) is 0.726. The zero-order valence-electron chi connectivity index (χ0n) is 12.4. The van der Waals surface area contributed by atoms with Crippen molar-refractivity contribution < 1.29 is 9.47 Å². The molecule has 0 aliphatic carbocycles. The van der Waals surface area contributed by atoms with Crippen LogP contribution < -0.4 is 10.3 Å². The highest BCUT2D eigenvalue weighted by molar-refractivity contribution is 7.10. The minimum Gasteiger partial charge on any atom is -0.496 e. The van der Waals surface area contributed by atoms with Crippen molar-refractivity contribution in [1.82, 2.24) is 9.55 Å². The Morgan fingerprint density at radius 2 is 2.14 bits per heavy atom. The summed E-state index contributed by atoms with van der Waals surface area (Å²) in [5.74, 6) is 0.537. The molecule has 0 N–H and O–H groups in total. The third-order valence-corrected chi connectivity index (χ3v) is 4.51. The van der Waals surface area contributed by atoms with Gasteiger partial charge in [-0.1, -0.05) is 12.1 Å². The first kappa shape index (κ1) is 14.7. The normalized spacial score (nSPS) is 12.5. The van der Waals surface area contributed by atoms with Gasteiger partial charge in [0, 0.05) is 12.0 Å². The molecule has 114 valence electrons. The average Bonchev–Trinajstić information content (AvgIpc) is 3.08. The number of thiophene rings is 1. The zero-order valence-corrected chi connectivity index (χ0v) is 13.2. The first-order valence-electron chi connectivity index (χ1n) is 6.83. The van der Waals surface area contributed by atoms with E-state index in [1.165, 1.54) is 0 Å². The van der Waals surface area contributed by atoms with Crippen molar-refractivity contribution in [3.05, 3.63) is 57.3 Å². The van der Waals surface area contributed by atoms with Crippen molar-refractivity contribution in [3.63, 3.8) is 0 Å². The maximum Gasteiger partial charge on any atom is 0.265 e. The number of aromatic nitrogens is 2. The number of ether oxygens (including phenoxy) is 2. The van der Waals surface area contributed by atoms with Gasteiger partial charge in [-0.3, -0.25) is 9.36 Å². The Bertz CT molecular complexity index is 827. The van der Waals surface area contributed by atoms with E-state index in [9.17, 15) is 4.79 Å². The lowest BCUT2D eigenvalue weighted by Crippen LogP contribution is -2.24. The number of fused-ring (bicyclic) bond motifs is 1. The van der Waals surface area contributed by atoms with Crippen LogP contribution in [0.2, 0.25) is 0 Å². The van der Waals surface area contributed by atoms with Crippen molar-refractivity contribution >= 4 is 22.2 Å². The second-order valence-electron chi connectivity index (χ2n) is 4.80. The molecule has 0 amide bonds. The molecule has 0 spiro atoms. The van der Waals surface area contributed by atoms with Crippen molar-refractivity contribution in [2.75, 3.05) is 14.2 Å². The molecular formula is C16H16N2O3S. The average molecular weight is 316 g/mol. The fraction of sp³-hybridized carbons (Fsp3) is 0.250. The summed E-state index contributed by atoms with van der Waals surface area (Å²) in [5, 5.41) is 2.49. The van der Waals surface area contributed by atoms with Gasteiger partial charge in [0.05, 0.1) is 25.5 Å². The van der Waals surface area contributed by atoms with Crippen molar-refractivity contribution in [2.45, 2.75) is 12.6 Å². The Labute approximate surface area is 131 Å². The maximum atomic E-state index is 12.7. The molecule has 22 heavy (non-hydrogen) atoms. The molecule has 5 nitrogen and oxygen atoms in total. The molecule has 0 unspecified atom stereocenters. The number of rotatable bonds is 5. The van der Waals surface area contributed by atoms with Crippen LogP contribution in [0.1, 0.15) is 11.0 Å². The summed E-state index contributed by atoms with van der Waals surface area (Å²) < 4.78 is 12.4. The topological polar surface area (TPSA) is 53.4 Å². The van der Waals surface area contributed by atoms with E-state index in [-0.39, 0.29) is 11.7 Å². The Hall–Kier alpha value is -2.18. The molecule has 3 rings (SSSR count). The molecule has 0 fully saturated rings. The van der Waals surface area contributed by atoms with Crippen molar-refractivity contribution in [1.29, 1.82) is 0 Å². The molecule has 1 aromatic carbocycles. The lowest BCUT2D eigenvalue weighted by atomic mass is 10.2. The molecule has 6 heteroatoms. The van der Waals surface area contributed by atoms with Crippen molar-refractivity contribution in [2.24, 2.45) is 0 Å². The van der Waals surface area contributed by atoms with Gasteiger partial charge >= 0.3 is 0 Å². The summed E-state index contributed by atoms with van der Waals surface area (Å²) in [4.78, 5) is 18.1. The molecular weight excluding hydrogens is 300 g/mol. The number of methoxy groups -OCH3 is 2. The molecule has 0 bridgehead atoms. The first-order valence-corrected chi connectivity index (χ1v) is 7.71. The maximum absolute atomic E-state index is 12.7. The Morgan fingerprint density at radius 3 is 2.82 bits per heavy atom. The summed E-state index contributed by atoms with van der Waals surface area (Å²) in [6.45, 7) is 0.414.